The Labute approximate surface area is 215 Å². The Hall–Kier alpha value is -2.53. The molecule has 1 heterocycles. The molecule has 1 amide bonds. The zero-order chi connectivity index (χ0) is 25.3. The van der Waals surface area contributed by atoms with Crippen LogP contribution in [0.3, 0.4) is 0 Å². The average molecular weight is 488 g/mol. The van der Waals surface area contributed by atoms with Crippen molar-refractivity contribution < 1.29 is 9.59 Å². The minimum Gasteiger partial charge on any atom is -0.354 e. The molecule has 3 N–H and O–H groups in total. The molecule has 1 aromatic heterocycles. The molecule has 0 spiro atoms. The summed E-state index contributed by atoms with van der Waals surface area (Å²) in [6, 6.07) is 13.9. The first kappa shape index (κ1) is 25.1. The molecule has 2 aromatic rings. The molecule has 0 aliphatic heterocycles. The van der Waals surface area contributed by atoms with Crippen LogP contribution in [0.5, 0.6) is 0 Å². The Bertz CT molecular complexity index is 1050. The lowest BCUT2D eigenvalue weighted by atomic mass is 9.44. The van der Waals surface area contributed by atoms with Crippen molar-refractivity contribution >= 4 is 11.7 Å². The number of carbonyl (C=O) groups is 2. The number of amides is 1. The highest BCUT2D eigenvalue weighted by atomic mass is 16.2. The Morgan fingerprint density at radius 1 is 1.03 bits per heavy atom. The first-order valence-electron chi connectivity index (χ1n) is 13.9. The predicted molar refractivity (Wildman–Crippen MR) is 142 cm³/mol. The molecule has 6 rings (SSSR count). The van der Waals surface area contributed by atoms with Gasteiger partial charge in [-0.2, -0.15) is 0 Å². The summed E-state index contributed by atoms with van der Waals surface area (Å²) in [6.45, 7) is 5.00. The van der Waals surface area contributed by atoms with E-state index in [1.54, 1.807) is 12.4 Å². The van der Waals surface area contributed by atoms with Crippen molar-refractivity contribution in [1.29, 1.82) is 0 Å². The van der Waals surface area contributed by atoms with Gasteiger partial charge in [-0.3, -0.25) is 14.6 Å². The van der Waals surface area contributed by atoms with Crippen LogP contribution in [-0.4, -0.2) is 29.3 Å². The molecule has 5 heteroatoms. The van der Waals surface area contributed by atoms with Crippen molar-refractivity contribution in [3.63, 3.8) is 0 Å². The number of hydrogen-bond donors (Lipinski definition) is 2. The van der Waals surface area contributed by atoms with Crippen molar-refractivity contribution in [2.24, 2.45) is 34.8 Å². The number of Topliss-reactive ketones (excluding diaryl/α,β-unsaturated/α-hetero) is 1. The van der Waals surface area contributed by atoms with E-state index in [0.717, 1.165) is 50.5 Å². The van der Waals surface area contributed by atoms with Gasteiger partial charge in [-0.15, -0.1) is 0 Å². The molecule has 0 saturated heterocycles. The summed E-state index contributed by atoms with van der Waals surface area (Å²) < 4.78 is 0. The van der Waals surface area contributed by atoms with Crippen molar-refractivity contribution in [2.45, 2.75) is 76.7 Å². The topological polar surface area (TPSA) is 85.1 Å². The van der Waals surface area contributed by atoms with E-state index in [0.29, 0.717) is 36.5 Å². The molecule has 192 valence electrons. The van der Waals surface area contributed by atoms with E-state index in [1.165, 1.54) is 5.56 Å². The number of nitrogens with one attached hydrogen (secondary N) is 1. The lowest BCUT2D eigenvalue weighted by Gasteiger charge is -2.60. The van der Waals surface area contributed by atoms with Crippen LogP contribution in [0.1, 0.15) is 69.9 Å². The summed E-state index contributed by atoms with van der Waals surface area (Å²) in [4.78, 5) is 31.1. The first-order chi connectivity index (χ1) is 17.4. The Balaban J connectivity index is 1.26. The maximum atomic E-state index is 13.6. The second kappa shape index (κ2) is 10.1. The highest BCUT2D eigenvalue weighted by molar-refractivity contribution is 5.87. The molecule has 4 saturated carbocycles. The molecule has 0 radical (unpaired) electrons. The molecule has 4 aliphatic rings. The SMILES string of the molecule is CCC(CC)(CNC(=O)C(N)C1C2CC3CC1CC(C(=O)Cc1ccncc1)(C3)C2)c1ccccc1. The quantitative estimate of drug-likeness (QED) is 0.502. The van der Waals surface area contributed by atoms with Crippen LogP contribution in [0, 0.1) is 29.1 Å². The summed E-state index contributed by atoms with van der Waals surface area (Å²) in [5.74, 6) is 1.87. The third-order valence-electron chi connectivity index (χ3n) is 10.1. The van der Waals surface area contributed by atoms with Gasteiger partial charge in [0.05, 0.1) is 6.04 Å². The molecule has 4 bridgehead atoms. The van der Waals surface area contributed by atoms with Crippen molar-refractivity contribution in [3.8, 4) is 0 Å². The van der Waals surface area contributed by atoms with Crippen LogP contribution in [0.2, 0.25) is 0 Å². The van der Waals surface area contributed by atoms with Gasteiger partial charge in [-0.1, -0.05) is 44.2 Å². The van der Waals surface area contributed by atoms with Crippen LogP contribution in [0.25, 0.3) is 0 Å². The second-order valence-corrected chi connectivity index (χ2v) is 11.9. The molecule has 4 fully saturated rings. The summed E-state index contributed by atoms with van der Waals surface area (Å²) in [6.07, 6.45) is 11.0. The van der Waals surface area contributed by atoms with Gasteiger partial charge in [0.15, 0.2) is 0 Å². The molecule has 5 nitrogen and oxygen atoms in total. The molecule has 36 heavy (non-hydrogen) atoms. The fourth-order valence-corrected chi connectivity index (χ4v) is 8.22. The molecular weight excluding hydrogens is 446 g/mol. The van der Waals surface area contributed by atoms with Crippen molar-refractivity contribution in [3.05, 3.63) is 66.0 Å². The van der Waals surface area contributed by atoms with Gasteiger partial charge in [0.25, 0.3) is 0 Å². The van der Waals surface area contributed by atoms with E-state index in [4.69, 9.17) is 5.73 Å². The minimum atomic E-state index is -0.505. The third kappa shape index (κ3) is 4.51. The monoisotopic (exact) mass is 487 g/mol. The fourth-order valence-electron chi connectivity index (χ4n) is 8.22. The van der Waals surface area contributed by atoms with Crippen molar-refractivity contribution in [1.82, 2.24) is 10.3 Å². The Kier molecular flexibility index (Phi) is 7.04. The van der Waals surface area contributed by atoms with Gasteiger partial charge in [0, 0.05) is 36.2 Å². The van der Waals surface area contributed by atoms with E-state index < -0.39 is 6.04 Å². The summed E-state index contributed by atoms with van der Waals surface area (Å²) in [5.41, 5.74) is 8.75. The Morgan fingerprint density at radius 2 is 1.67 bits per heavy atom. The number of aromatic nitrogens is 1. The standard InChI is InChI=1S/C31H41N3O2/c1-3-30(4-2,25-8-6-5-7-9-25)20-34-29(36)28(32)27-23-14-22-15-24(27)19-31(17-22,18-23)26(35)16-21-10-12-33-13-11-21/h5-13,22-24,27-28H,3-4,14-20,32H2,1-2H3,(H,34,36). The van der Waals surface area contributed by atoms with Gasteiger partial charge >= 0.3 is 0 Å². The van der Waals surface area contributed by atoms with Crippen LogP contribution >= 0.6 is 0 Å². The minimum absolute atomic E-state index is 0.0214. The van der Waals surface area contributed by atoms with E-state index >= 15 is 0 Å². The maximum absolute atomic E-state index is 13.6. The summed E-state index contributed by atoms with van der Waals surface area (Å²) >= 11 is 0. The van der Waals surface area contributed by atoms with Crippen LogP contribution in [0.15, 0.2) is 54.9 Å². The lowest BCUT2D eigenvalue weighted by molar-refractivity contribution is -0.153. The number of nitrogens with zero attached hydrogens (tertiary/aromatic N) is 1. The van der Waals surface area contributed by atoms with E-state index in [9.17, 15) is 9.59 Å². The smallest absolute Gasteiger partial charge is 0.237 e. The van der Waals surface area contributed by atoms with E-state index in [2.05, 4.69) is 48.4 Å². The third-order valence-corrected chi connectivity index (χ3v) is 10.1. The zero-order valence-corrected chi connectivity index (χ0v) is 21.8. The van der Waals surface area contributed by atoms with E-state index in [1.807, 2.05) is 18.2 Å². The van der Waals surface area contributed by atoms with E-state index in [-0.39, 0.29) is 22.7 Å². The number of rotatable bonds is 10. The predicted octanol–water partition coefficient (Wildman–Crippen LogP) is 4.84. The van der Waals surface area contributed by atoms with Gasteiger partial charge in [-0.05, 0) is 91.9 Å². The van der Waals surface area contributed by atoms with Gasteiger partial charge < -0.3 is 11.1 Å². The number of carbonyl (C=O) groups excluding carboxylic acids is 2. The van der Waals surface area contributed by atoms with Crippen LogP contribution in [0.4, 0.5) is 0 Å². The summed E-state index contributed by atoms with van der Waals surface area (Å²) in [5, 5.41) is 3.26. The molecule has 3 atom stereocenters. The first-order valence-corrected chi connectivity index (χ1v) is 13.9. The van der Waals surface area contributed by atoms with Gasteiger partial charge in [-0.25, -0.2) is 0 Å². The number of nitrogens with two attached hydrogens (primary N) is 1. The van der Waals surface area contributed by atoms with Crippen molar-refractivity contribution in [2.75, 3.05) is 6.54 Å². The van der Waals surface area contributed by atoms with Gasteiger partial charge in [0.2, 0.25) is 5.91 Å². The van der Waals surface area contributed by atoms with Gasteiger partial charge in [0.1, 0.15) is 5.78 Å². The number of benzene rings is 1. The fraction of sp³-hybridized carbons (Fsp3) is 0.581. The average Bonchev–Trinajstić information content (AvgIpc) is 2.90. The number of hydrogen-bond acceptors (Lipinski definition) is 4. The zero-order valence-electron chi connectivity index (χ0n) is 21.8. The molecule has 3 unspecified atom stereocenters. The largest absolute Gasteiger partial charge is 0.354 e. The lowest BCUT2D eigenvalue weighted by Crippen LogP contribution is -2.61. The Morgan fingerprint density at radius 3 is 2.28 bits per heavy atom. The number of ketones is 1. The van der Waals surface area contributed by atoms with Crippen LogP contribution < -0.4 is 11.1 Å². The summed E-state index contributed by atoms with van der Waals surface area (Å²) in [7, 11) is 0. The maximum Gasteiger partial charge on any atom is 0.237 e. The molecular formula is C31H41N3O2. The number of pyridine rings is 1. The normalized spacial score (nSPS) is 29.6. The second-order valence-electron chi connectivity index (χ2n) is 11.9. The molecule has 1 aromatic carbocycles. The highest BCUT2D eigenvalue weighted by Crippen LogP contribution is 2.63. The molecule has 4 aliphatic carbocycles. The highest BCUT2D eigenvalue weighted by Gasteiger charge is 2.59. The van der Waals surface area contributed by atoms with Crippen LogP contribution in [-0.2, 0) is 21.4 Å².